The SMILES string of the molecule is CC(C(=O)c1ccc(F)c(F)c1)N(C)C(C)C(C)(C)C. The highest BCUT2D eigenvalue weighted by atomic mass is 19.2. The molecule has 0 N–H and O–H groups in total. The van der Waals surface area contributed by atoms with Crippen LogP contribution in [-0.2, 0) is 0 Å². The molecule has 1 aromatic carbocycles. The van der Waals surface area contributed by atoms with Crippen LogP contribution in [0.3, 0.4) is 0 Å². The van der Waals surface area contributed by atoms with Crippen LogP contribution >= 0.6 is 0 Å². The quantitative estimate of drug-likeness (QED) is 0.781. The maximum atomic E-state index is 13.2. The third-order valence-corrected chi connectivity index (χ3v) is 4.06. The van der Waals surface area contributed by atoms with Crippen LogP contribution in [0.2, 0.25) is 0 Å². The predicted octanol–water partition coefficient (Wildman–Crippen LogP) is 3.90. The molecular weight excluding hydrogens is 260 g/mol. The van der Waals surface area contributed by atoms with Crippen LogP contribution in [-0.4, -0.2) is 29.8 Å². The number of hydrogen-bond acceptors (Lipinski definition) is 2. The van der Waals surface area contributed by atoms with Crippen molar-refractivity contribution >= 4 is 5.78 Å². The molecule has 0 aliphatic heterocycles. The third-order valence-electron chi connectivity index (χ3n) is 4.06. The van der Waals surface area contributed by atoms with E-state index in [1.54, 1.807) is 6.92 Å². The summed E-state index contributed by atoms with van der Waals surface area (Å²) in [6.45, 7) is 10.1. The van der Waals surface area contributed by atoms with Gasteiger partial charge in [-0.25, -0.2) is 8.78 Å². The first kappa shape index (κ1) is 16.8. The zero-order chi connectivity index (χ0) is 15.7. The minimum absolute atomic E-state index is 0.0251. The van der Waals surface area contributed by atoms with Crippen LogP contribution in [0.15, 0.2) is 18.2 Å². The van der Waals surface area contributed by atoms with E-state index in [0.29, 0.717) is 0 Å². The number of halogens is 2. The van der Waals surface area contributed by atoms with Crippen molar-refractivity contribution in [3.05, 3.63) is 35.4 Å². The molecule has 0 fully saturated rings. The molecule has 2 nitrogen and oxygen atoms in total. The van der Waals surface area contributed by atoms with Gasteiger partial charge in [-0.2, -0.15) is 0 Å². The molecule has 0 radical (unpaired) electrons. The number of carbonyl (C=O) groups excluding carboxylic acids is 1. The number of carbonyl (C=O) groups is 1. The standard InChI is InChI=1S/C16H23F2NO/c1-10(19(6)11(2)16(3,4)5)15(20)12-7-8-13(17)14(18)9-12/h7-11H,1-6H3. The molecule has 1 rings (SSSR count). The lowest BCUT2D eigenvalue weighted by atomic mass is 9.86. The Balaban J connectivity index is 2.93. The molecule has 0 heterocycles. The first-order valence-electron chi connectivity index (χ1n) is 6.77. The maximum Gasteiger partial charge on any atom is 0.179 e. The predicted molar refractivity (Wildman–Crippen MR) is 76.8 cm³/mol. The van der Waals surface area contributed by atoms with Crippen molar-refractivity contribution in [2.75, 3.05) is 7.05 Å². The zero-order valence-corrected chi connectivity index (χ0v) is 13.0. The van der Waals surface area contributed by atoms with Crippen molar-refractivity contribution in [2.45, 2.75) is 46.7 Å². The number of ketones is 1. The second-order valence-corrected chi connectivity index (χ2v) is 6.38. The lowest BCUT2D eigenvalue weighted by molar-refractivity contribution is 0.0694. The molecule has 0 aromatic heterocycles. The molecule has 1 aromatic rings. The molecule has 4 heteroatoms. The maximum absolute atomic E-state index is 13.2. The Morgan fingerprint density at radius 2 is 1.70 bits per heavy atom. The fourth-order valence-corrected chi connectivity index (χ4v) is 2.02. The van der Waals surface area contributed by atoms with Crippen molar-refractivity contribution in [1.82, 2.24) is 4.90 Å². The fourth-order valence-electron chi connectivity index (χ4n) is 2.02. The topological polar surface area (TPSA) is 20.3 Å². The Morgan fingerprint density at radius 3 is 2.15 bits per heavy atom. The minimum Gasteiger partial charge on any atom is -0.293 e. The van der Waals surface area contributed by atoms with Crippen molar-refractivity contribution < 1.29 is 13.6 Å². The van der Waals surface area contributed by atoms with Gasteiger partial charge in [0.05, 0.1) is 6.04 Å². The second-order valence-electron chi connectivity index (χ2n) is 6.38. The number of rotatable bonds is 4. The van der Waals surface area contributed by atoms with Gasteiger partial charge in [-0.3, -0.25) is 9.69 Å². The summed E-state index contributed by atoms with van der Waals surface area (Å²) in [5.74, 6) is -2.14. The molecule has 2 unspecified atom stereocenters. The van der Waals surface area contributed by atoms with E-state index in [2.05, 4.69) is 27.7 Å². The Morgan fingerprint density at radius 1 is 1.15 bits per heavy atom. The Bertz CT molecular complexity index is 494. The van der Waals surface area contributed by atoms with Crippen molar-refractivity contribution in [3.63, 3.8) is 0 Å². The lowest BCUT2D eigenvalue weighted by Gasteiger charge is -2.38. The first-order valence-corrected chi connectivity index (χ1v) is 6.77. The van der Waals surface area contributed by atoms with Crippen LogP contribution in [0.25, 0.3) is 0 Å². The minimum atomic E-state index is -0.991. The lowest BCUT2D eigenvalue weighted by Crippen LogP contribution is -2.47. The van der Waals surface area contributed by atoms with Gasteiger partial charge in [0.15, 0.2) is 17.4 Å². The Hall–Kier alpha value is -1.29. The average Bonchev–Trinajstić information content (AvgIpc) is 2.37. The summed E-state index contributed by atoms with van der Waals surface area (Å²) in [5.41, 5.74) is 0.224. The highest BCUT2D eigenvalue weighted by Crippen LogP contribution is 2.25. The molecular formula is C16H23F2NO. The van der Waals surface area contributed by atoms with E-state index in [0.717, 1.165) is 12.1 Å². The van der Waals surface area contributed by atoms with E-state index in [-0.39, 0.29) is 22.8 Å². The van der Waals surface area contributed by atoms with Gasteiger partial charge in [0, 0.05) is 11.6 Å². The van der Waals surface area contributed by atoms with Crippen LogP contribution < -0.4 is 0 Å². The first-order chi connectivity index (χ1) is 9.05. The molecule has 0 aliphatic carbocycles. The van der Waals surface area contributed by atoms with Crippen LogP contribution in [0.1, 0.15) is 45.0 Å². The van der Waals surface area contributed by atoms with Gasteiger partial charge in [0.25, 0.3) is 0 Å². The smallest absolute Gasteiger partial charge is 0.179 e. The molecule has 2 atom stereocenters. The van der Waals surface area contributed by atoms with Crippen molar-refractivity contribution in [2.24, 2.45) is 5.41 Å². The van der Waals surface area contributed by atoms with Gasteiger partial charge in [-0.1, -0.05) is 20.8 Å². The van der Waals surface area contributed by atoms with Gasteiger partial charge in [-0.05, 0) is 44.5 Å². The number of benzene rings is 1. The van der Waals surface area contributed by atoms with E-state index < -0.39 is 17.7 Å². The van der Waals surface area contributed by atoms with Gasteiger partial charge >= 0.3 is 0 Å². The van der Waals surface area contributed by atoms with Crippen LogP contribution in [0, 0.1) is 17.0 Å². The van der Waals surface area contributed by atoms with E-state index in [1.807, 2.05) is 11.9 Å². The average molecular weight is 283 g/mol. The van der Waals surface area contributed by atoms with Gasteiger partial charge in [0.2, 0.25) is 0 Å². The Kier molecular flexibility index (Phi) is 5.03. The van der Waals surface area contributed by atoms with Gasteiger partial charge in [-0.15, -0.1) is 0 Å². The highest BCUT2D eigenvalue weighted by Gasteiger charge is 2.30. The normalized spacial score (nSPS) is 15.2. The van der Waals surface area contributed by atoms with E-state index >= 15 is 0 Å². The highest BCUT2D eigenvalue weighted by molar-refractivity contribution is 5.99. The summed E-state index contributed by atoms with van der Waals surface area (Å²) in [7, 11) is 1.87. The number of likely N-dealkylation sites (N-methyl/N-ethyl adjacent to an activating group) is 1. The van der Waals surface area contributed by atoms with Gasteiger partial charge in [0.1, 0.15) is 0 Å². The summed E-state index contributed by atoms with van der Waals surface area (Å²) < 4.78 is 26.1. The molecule has 0 amide bonds. The van der Waals surface area contributed by atoms with Gasteiger partial charge < -0.3 is 0 Å². The van der Waals surface area contributed by atoms with E-state index in [1.165, 1.54) is 6.07 Å². The summed E-state index contributed by atoms with van der Waals surface area (Å²) in [5, 5.41) is 0. The molecule has 20 heavy (non-hydrogen) atoms. The second kappa shape index (κ2) is 6.00. The molecule has 0 aliphatic rings. The summed E-state index contributed by atoms with van der Waals surface area (Å²) in [6.07, 6.45) is 0. The number of Topliss-reactive ketones (excluding diaryl/α,β-unsaturated/α-hetero) is 1. The molecule has 0 saturated carbocycles. The Labute approximate surface area is 119 Å². The summed E-state index contributed by atoms with van der Waals surface area (Å²) in [4.78, 5) is 14.3. The molecule has 112 valence electrons. The molecule has 0 bridgehead atoms. The van der Waals surface area contributed by atoms with Crippen molar-refractivity contribution in [3.8, 4) is 0 Å². The largest absolute Gasteiger partial charge is 0.293 e. The van der Waals surface area contributed by atoms with E-state index in [9.17, 15) is 13.6 Å². The fraction of sp³-hybridized carbons (Fsp3) is 0.562. The van der Waals surface area contributed by atoms with Crippen LogP contribution in [0.5, 0.6) is 0 Å². The summed E-state index contributed by atoms with van der Waals surface area (Å²) >= 11 is 0. The summed E-state index contributed by atoms with van der Waals surface area (Å²) in [6, 6.07) is 3.06. The van der Waals surface area contributed by atoms with Crippen molar-refractivity contribution in [1.29, 1.82) is 0 Å². The molecule has 0 saturated heterocycles. The number of hydrogen-bond donors (Lipinski definition) is 0. The monoisotopic (exact) mass is 283 g/mol. The van der Waals surface area contributed by atoms with Crippen LogP contribution in [0.4, 0.5) is 8.78 Å². The number of nitrogens with zero attached hydrogens (tertiary/aromatic N) is 1. The third kappa shape index (κ3) is 3.63. The van der Waals surface area contributed by atoms with E-state index in [4.69, 9.17) is 0 Å². The zero-order valence-electron chi connectivity index (χ0n) is 13.0. The molecule has 0 spiro atoms.